The number of aromatic nitrogens is 2. The monoisotopic (exact) mass is 620 g/mol. The van der Waals surface area contributed by atoms with Crippen LogP contribution >= 0.6 is 11.8 Å². The van der Waals surface area contributed by atoms with E-state index in [1.807, 2.05) is 74.8 Å². The molecule has 0 fully saturated rings. The summed E-state index contributed by atoms with van der Waals surface area (Å²) in [6.45, 7) is 3.10. The second kappa shape index (κ2) is 17.0. The summed E-state index contributed by atoms with van der Waals surface area (Å²) in [5.41, 5.74) is 3.26. The van der Waals surface area contributed by atoms with Crippen LogP contribution in [0.15, 0.2) is 72.0 Å². The number of hydrogen-bond acceptors (Lipinski definition) is 10. The standard InChI is InChI=1S/C23H25N3O4S.C10H15NO2/c1-15-8-6-7-9-20(15)30-21-19(13-24-23(25-21)31-5)22(27)26(2)14-16-10-17(28-3)12-18(11-16)29-4;1-11-7-8-4-9(12-2)6-10(5-8)13-3/h6-13H,14H2,1-5H3;4-6,11H,7H2,1-3H3. The van der Waals surface area contributed by atoms with E-state index < -0.39 is 0 Å². The zero-order chi connectivity index (χ0) is 32.1. The van der Waals surface area contributed by atoms with Gasteiger partial charge in [-0.25, -0.2) is 4.98 Å². The van der Waals surface area contributed by atoms with Crippen molar-refractivity contribution in [3.63, 3.8) is 0 Å². The Kier molecular flexibility index (Phi) is 13.1. The number of hydrogen-bond donors (Lipinski definition) is 1. The van der Waals surface area contributed by atoms with Crippen molar-refractivity contribution >= 4 is 17.7 Å². The van der Waals surface area contributed by atoms with E-state index in [2.05, 4.69) is 15.3 Å². The Labute approximate surface area is 263 Å². The van der Waals surface area contributed by atoms with Crippen LogP contribution in [-0.2, 0) is 13.1 Å². The molecule has 0 atom stereocenters. The summed E-state index contributed by atoms with van der Waals surface area (Å²) in [5, 5.41) is 3.60. The number of carbonyl (C=O) groups is 1. The zero-order valence-electron chi connectivity index (χ0n) is 26.5. The summed E-state index contributed by atoms with van der Waals surface area (Å²) >= 11 is 1.38. The minimum Gasteiger partial charge on any atom is -0.497 e. The van der Waals surface area contributed by atoms with Crippen molar-refractivity contribution in [2.75, 3.05) is 48.8 Å². The van der Waals surface area contributed by atoms with E-state index >= 15 is 0 Å². The van der Waals surface area contributed by atoms with Crippen LogP contribution in [0.5, 0.6) is 34.6 Å². The van der Waals surface area contributed by atoms with Crippen LogP contribution in [0.4, 0.5) is 0 Å². The Morgan fingerprint density at radius 2 is 1.41 bits per heavy atom. The highest BCUT2D eigenvalue weighted by Crippen LogP contribution is 2.29. The van der Waals surface area contributed by atoms with Crippen molar-refractivity contribution in [1.82, 2.24) is 20.2 Å². The van der Waals surface area contributed by atoms with Crippen molar-refractivity contribution in [3.05, 3.63) is 89.1 Å². The van der Waals surface area contributed by atoms with Crippen LogP contribution in [0.25, 0.3) is 0 Å². The van der Waals surface area contributed by atoms with E-state index in [1.54, 1.807) is 46.5 Å². The second-order valence-corrected chi connectivity index (χ2v) is 10.3. The maximum atomic E-state index is 13.3. The van der Waals surface area contributed by atoms with Crippen LogP contribution in [-0.4, -0.2) is 69.6 Å². The predicted octanol–water partition coefficient (Wildman–Crippen LogP) is 6.01. The van der Waals surface area contributed by atoms with E-state index in [-0.39, 0.29) is 11.8 Å². The molecule has 0 aliphatic rings. The van der Waals surface area contributed by atoms with Crippen LogP contribution in [0.3, 0.4) is 0 Å². The van der Waals surface area contributed by atoms with E-state index in [9.17, 15) is 4.79 Å². The largest absolute Gasteiger partial charge is 0.497 e. The Bertz CT molecular complexity index is 1490. The molecule has 10 nitrogen and oxygen atoms in total. The number of ether oxygens (including phenoxy) is 5. The number of carbonyl (C=O) groups excluding carboxylic acids is 1. The summed E-state index contributed by atoms with van der Waals surface area (Å²) < 4.78 is 26.9. The molecule has 234 valence electrons. The van der Waals surface area contributed by atoms with Crippen molar-refractivity contribution < 1.29 is 28.5 Å². The van der Waals surface area contributed by atoms with Gasteiger partial charge in [0.2, 0.25) is 5.88 Å². The van der Waals surface area contributed by atoms with Gasteiger partial charge >= 0.3 is 0 Å². The van der Waals surface area contributed by atoms with Gasteiger partial charge in [0.25, 0.3) is 5.91 Å². The van der Waals surface area contributed by atoms with Crippen LogP contribution in [0.1, 0.15) is 27.0 Å². The molecule has 0 radical (unpaired) electrons. The van der Waals surface area contributed by atoms with Gasteiger partial charge in [0.15, 0.2) is 5.16 Å². The number of methoxy groups -OCH3 is 4. The number of aryl methyl sites for hydroxylation is 1. The molecule has 11 heteroatoms. The molecule has 1 amide bonds. The number of thioether (sulfide) groups is 1. The lowest BCUT2D eigenvalue weighted by molar-refractivity contribution is 0.0780. The third kappa shape index (κ3) is 9.51. The molecular formula is C33H40N4O6S. The molecule has 1 aromatic heterocycles. The molecule has 0 bridgehead atoms. The first kappa shape index (κ1) is 34.0. The highest BCUT2D eigenvalue weighted by atomic mass is 32.2. The fourth-order valence-electron chi connectivity index (χ4n) is 4.13. The van der Waals surface area contributed by atoms with E-state index in [4.69, 9.17) is 23.7 Å². The van der Waals surface area contributed by atoms with Crippen LogP contribution in [0, 0.1) is 6.92 Å². The van der Waals surface area contributed by atoms with Crippen molar-refractivity contribution in [3.8, 4) is 34.6 Å². The summed E-state index contributed by atoms with van der Waals surface area (Å²) in [6, 6.07) is 18.9. The van der Waals surface area contributed by atoms with Crippen LogP contribution < -0.4 is 29.0 Å². The summed E-state index contributed by atoms with van der Waals surface area (Å²) in [6.07, 6.45) is 3.38. The maximum Gasteiger partial charge on any atom is 0.260 e. The quantitative estimate of drug-likeness (QED) is 0.150. The molecule has 0 unspecified atom stereocenters. The predicted molar refractivity (Wildman–Crippen MR) is 173 cm³/mol. The van der Waals surface area contributed by atoms with Gasteiger partial charge < -0.3 is 33.9 Å². The second-order valence-electron chi connectivity index (χ2n) is 9.58. The normalized spacial score (nSPS) is 10.3. The zero-order valence-corrected chi connectivity index (χ0v) is 27.3. The van der Waals surface area contributed by atoms with Gasteiger partial charge in [-0.2, -0.15) is 4.98 Å². The average molecular weight is 621 g/mol. The number of benzene rings is 3. The molecule has 0 saturated carbocycles. The Hall–Kier alpha value is -4.48. The lowest BCUT2D eigenvalue weighted by Crippen LogP contribution is -2.27. The maximum absolute atomic E-state index is 13.3. The number of amides is 1. The number of para-hydroxylation sites is 1. The molecule has 3 aromatic carbocycles. The van der Waals surface area contributed by atoms with Gasteiger partial charge in [-0.3, -0.25) is 4.79 Å². The molecule has 4 rings (SSSR count). The smallest absolute Gasteiger partial charge is 0.260 e. The van der Waals surface area contributed by atoms with E-state index in [0.29, 0.717) is 34.5 Å². The highest BCUT2D eigenvalue weighted by molar-refractivity contribution is 7.98. The minimum atomic E-state index is -0.252. The molecule has 1 heterocycles. The van der Waals surface area contributed by atoms with Gasteiger partial charge in [0.1, 0.15) is 34.3 Å². The topological polar surface area (TPSA) is 104 Å². The van der Waals surface area contributed by atoms with Gasteiger partial charge in [-0.15, -0.1) is 0 Å². The van der Waals surface area contributed by atoms with E-state index in [0.717, 1.165) is 34.7 Å². The molecule has 0 aliphatic heterocycles. The molecule has 1 N–H and O–H groups in total. The number of nitrogens with zero attached hydrogens (tertiary/aromatic N) is 3. The Morgan fingerprint density at radius 3 is 1.91 bits per heavy atom. The average Bonchev–Trinajstić information content (AvgIpc) is 3.05. The first-order valence-corrected chi connectivity index (χ1v) is 15.0. The molecule has 4 aromatic rings. The number of rotatable bonds is 12. The fraction of sp³-hybridized carbons (Fsp3) is 0.303. The van der Waals surface area contributed by atoms with Crippen LogP contribution in [0.2, 0.25) is 0 Å². The van der Waals surface area contributed by atoms with Gasteiger partial charge in [-0.1, -0.05) is 30.0 Å². The summed E-state index contributed by atoms with van der Waals surface area (Å²) in [4.78, 5) is 23.5. The summed E-state index contributed by atoms with van der Waals surface area (Å²) in [5.74, 6) is 3.58. The fourth-order valence-corrected chi connectivity index (χ4v) is 4.46. The van der Waals surface area contributed by atoms with E-state index in [1.165, 1.54) is 18.0 Å². The molecular weight excluding hydrogens is 580 g/mol. The van der Waals surface area contributed by atoms with Gasteiger partial charge in [0.05, 0.1) is 28.4 Å². The van der Waals surface area contributed by atoms with Gasteiger partial charge in [0, 0.05) is 38.5 Å². The van der Waals surface area contributed by atoms with Crippen molar-refractivity contribution in [2.24, 2.45) is 0 Å². The van der Waals surface area contributed by atoms with Gasteiger partial charge in [-0.05, 0) is 67.2 Å². The molecule has 0 aliphatic carbocycles. The Balaban J connectivity index is 0.000000340. The third-order valence-electron chi connectivity index (χ3n) is 6.41. The first-order valence-electron chi connectivity index (χ1n) is 13.7. The molecule has 44 heavy (non-hydrogen) atoms. The highest BCUT2D eigenvalue weighted by Gasteiger charge is 2.21. The molecule has 0 spiro atoms. The minimum absolute atomic E-state index is 0.230. The Morgan fingerprint density at radius 1 is 0.864 bits per heavy atom. The third-order valence-corrected chi connectivity index (χ3v) is 6.98. The lowest BCUT2D eigenvalue weighted by atomic mass is 10.1. The first-order chi connectivity index (χ1) is 21.2. The molecule has 0 saturated heterocycles. The SMILES string of the molecule is CNCc1cc(OC)cc(OC)c1.COc1cc(CN(C)C(=O)c2cnc(SC)nc2Oc2ccccc2C)cc(OC)c1. The lowest BCUT2D eigenvalue weighted by Gasteiger charge is -2.20. The number of nitrogens with one attached hydrogen (secondary N) is 1. The van der Waals surface area contributed by atoms with Crippen molar-refractivity contribution in [2.45, 2.75) is 25.2 Å². The summed E-state index contributed by atoms with van der Waals surface area (Å²) in [7, 11) is 10.1. The van der Waals surface area contributed by atoms with Crippen molar-refractivity contribution in [1.29, 1.82) is 0 Å².